The Labute approximate surface area is 157 Å². The molecule has 0 spiro atoms. The molecule has 3 aromatic rings. The van der Waals surface area contributed by atoms with Crippen LogP contribution >= 0.6 is 0 Å². The Morgan fingerprint density at radius 1 is 1.07 bits per heavy atom. The smallest absolute Gasteiger partial charge is 0.368 e. The third-order valence-electron chi connectivity index (χ3n) is 4.74. The number of benzene rings is 2. The number of oxime groups is 1. The Kier molecular flexibility index (Phi) is 5.21. The predicted octanol–water partition coefficient (Wildman–Crippen LogP) is 2.83. The third-order valence-corrected chi connectivity index (χ3v) is 4.74. The van der Waals surface area contributed by atoms with Crippen molar-refractivity contribution in [1.82, 2.24) is 19.8 Å². The van der Waals surface area contributed by atoms with Crippen LogP contribution in [0.4, 0.5) is 0 Å². The zero-order valence-electron chi connectivity index (χ0n) is 16.2. The largest absolute Gasteiger partial charge is 0.391 e. The van der Waals surface area contributed by atoms with Gasteiger partial charge in [-0.3, -0.25) is 0 Å². The highest BCUT2D eigenvalue weighted by molar-refractivity contribution is 5.99. The molecule has 0 atom stereocenters. The SMILES string of the molecule is C/C(=N/OCc1c(C)cccc1-n1nnn(C)c1=O)c1cccc(C)c1C. The molecule has 140 valence electrons. The fourth-order valence-electron chi connectivity index (χ4n) is 2.92. The first-order valence-corrected chi connectivity index (χ1v) is 8.71. The first kappa shape index (κ1) is 18.6. The van der Waals surface area contributed by atoms with E-state index in [-0.39, 0.29) is 12.3 Å². The molecule has 0 saturated heterocycles. The van der Waals surface area contributed by atoms with Crippen molar-refractivity contribution in [2.45, 2.75) is 34.3 Å². The normalized spacial score (nSPS) is 11.7. The van der Waals surface area contributed by atoms with Gasteiger partial charge in [0, 0.05) is 18.2 Å². The van der Waals surface area contributed by atoms with Gasteiger partial charge in [-0.25, -0.2) is 4.79 Å². The lowest BCUT2D eigenvalue weighted by atomic mass is 10.0. The average Bonchev–Trinajstić information content (AvgIpc) is 2.97. The van der Waals surface area contributed by atoms with Gasteiger partial charge < -0.3 is 4.84 Å². The van der Waals surface area contributed by atoms with Crippen molar-refractivity contribution in [3.63, 3.8) is 0 Å². The number of aromatic nitrogens is 4. The lowest BCUT2D eigenvalue weighted by molar-refractivity contribution is 0.130. The highest BCUT2D eigenvalue weighted by atomic mass is 16.6. The highest BCUT2D eigenvalue weighted by Gasteiger charge is 2.13. The Morgan fingerprint density at radius 3 is 2.48 bits per heavy atom. The maximum absolute atomic E-state index is 12.2. The zero-order chi connectivity index (χ0) is 19.6. The molecule has 27 heavy (non-hydrogen) atoms. The summed E-state index contributed by atoms with van der Waals surface area (Å²) in [5.74, 6) is 0. The molecule has 0 aliphatic carbocycles. The summed E-state index contributed by atoms with van der Waals surface area (Å²) < 4.78 is 2.46. The Bertz CT molecular complexity index is 1060. The first-order valence-electron chi connectivity index (χ1n) is 8.71. The number of hydrogen-bond acceptors (Lipinski definition) is 5. The number of rotatable bonds is 5. The summed E-state index contributed by atoms with van der Waals surface area (Å²) in [5, 5.41) is 12.0. The highest BCUT2D eigenvalue weighted by Crippen LogP contribution is 2.19. The van der Waals surface area contributed by atoms with E-state index in [4.69, 9.17) is 4.84 Å². The van der Waals surface area contributed by atoms with Crippen molar-refractivity contribution >= 4 is 5.71 Å². The number of hydrogen-bond donors (Lipinski definition) is 0. The third kappa shape index (κ3) is 3.67. The van der Waals surface area contributed by atoms with Gasteiger partial charge in [-0.15, -0.1) is 0 Å². The molecule has 0 fully saturated rings. The molecular formula is C20H23N5O2. The van der Waals surface area contributed by atoms with Crippen molar-refractivity contribution in [3.05, 3.63) is 74.7 Å². The molecular weight excluding hydrogens is 342 g/mol. The second-order valence-electron chi connectivity index (χ2n) is 6.57. The molecule has 0 unspecified atom stereocenters. The molecule has 0 bridgehead atoms. The molecule has 0 aliphatic heterocycles. The summed E-state index contributed by atoms with van der Waals surface area (Å²) in [6.45, 7) is 8.26. The molecule has 7 nitrogen and oxygen atoms in total. The predicted molar refractivity (Wildman–Crippen MR) is 104 cm³/mol. The molecule has 3 rings (SSSR count). The maximum Gasteiger partial charge on any atom is 0.368 e. The van der Waals surface area contributed by atoms with Gasteiger partial charge in [-0.2, -0.15) is 9.36 Å². The van der Waals surface area contributed by atoms with Crippen LogP contribution in [0.5, 0.6) is 0 Å². The number of tetrazole rings is 1. The van der Waals surface area contributed by atoms with E-state index in [1.54, 1.807) is 7.05 Å². The molecule has 2 aromatic carbocycles. The summed E-state index contributed by atoms with van der Waals surface area (Å²) in [6, 6.07) is 11.8. The zero-order valence-corrected chi connectivity index (χ0v) is 16.2. The molecule has 1 heterocycles. The topological polar surface area (TPSA) is 74.3 Å². The van der Waals surface area contributed by atoms with Crippen LogP contribution in [0.3, 0.4) is 0 Å². The Morgan fingerprint density at radius 2 is 1.78 bits per heavy atom. The Balaban J connectivity index is 1.88. The quantitative estimate of drug-likeness (QED) is 0.515. The van der Waals surface area contributed by atoms with E-state index in [2.05, 4.69) is 35.5 Å². The summed E-state index contributed by atoms with van der Waals surface area (Å²) in [5.41, 5.74) is 6.44. The van der Waals surface area contributed by atoms with E-state index in [9.17, 15) is 4.79 Å². The van der Waals surface area contributed by atoms with E-state index in [0.29, 0.717) is 5.69 Å². The molecule has 0 amide bonds. The minimum atomic E-state index is -0.308. The van der Waals surface area contributed by atoms with Crippen LogP contribution in [0, 0.1) is 20.8 Å². The van der Waals surface area contributed by atoms with Crippen molar-refractivity contribution in [2.75, 3.05) is 0 Å². The van der Waals surface area contributed by atoms with Crippen LogP contribution in [-0.4, -0.2) is 25.5 Å². The van der Waals surface area contributed by atoms with Gasteiger partial charge in [0.2, 0.25) is 0 Å². The van der Waals surface area contributed by atoms with Crippen molar-refractivity contribution < 1.29 is 4.84 Å². The van der Waals surface area contributed by atoms with E-state index < -0.39 is 0 Å². The minimum absolute atomic E-state index is 0.229. The van der Waals surface area contributed by atoms with Crippen LogP contribution in [0.15, 0.2) is 46.3 Å². The molecule has 0 aliphatic rings. The molecule has 0 saturated carbocycles. The van der Waals surface area contributed by atoms with Crippen molar-refractivity contribution in [3.8, 4) is 5.69 Å². The van der Waals surface area contributed by atoms with Crippen LogP contribution in [0.2, 0.25) is 0 Å². The standard InChI is InChI=1S/C20H23N5O2/c1-13-8-6-10-17(15(13)3)16(4)21-27-12-18-14(2)9-7-11-19(18)25-20(26)24(5)22-23-25/h6-11H,12H2,1-5H3/b21-16-. The second kappa shape index (κ2) is 7.57. The fraction of sp³-hybridized carbons (Fsp3) is 0.300. The second-order valence-corrected chi connectivity index (χ2v) is 6.57. The van der Waals surface area contributed by atoms with Gasteiger partial charge in [0.05, 0.1) is 11.4 Å². The van der Waals surface area contributed by atoms with Gasteiger partial charge in [0.25, 0.3) is 0 Å². The monoisotopic (exact) mass is 365 g/mol. The van der Waals surface area contributed by atoms with Gasteiger partial charge in [0.15, 0.2) is 0 Å². The van der Waals surface area contributed by atoms with E-state index in [1.807, 2.05) is 44.2 Å². The fourth-order valence-corrected chi connectivity index (χ4v) is 2.92. The minimum Gasteiger partial charge on any atom is -0.391 e. The molecule has 0 N–H and O–H groups in total. The van der Waals surface area contributed by atoms with Crippen LogP contribution in [-0.2, 0) is 18.5 Å². The molecule has 7 heteroatoms. The van der Waals surface area contributed by atoms with E-state index >= 15 is 0 Å². The van der Waals surface area contributed by atoms with Gasteiger partial charge in [0.1, 0.15) is 6.61 Å². The van der Waals surface area contributed by atoms with Crippen LogP contribution < -0.4 is 5.69 Å². The first-order chi connectivity index (χ1) is 12.9. The molecule has 0 radical (unpaired) electrons. The lowest BCUT2D eigenvalue weighted by Gasteiger charge is -2.11. The van der Waals surface area contributed by atoms with Crippen LogP contribution in [0.25, 0.3) is 5.69 Å². The summed E-state index contributed by atoms with van der Waals surface area (Å²) in [7, 11) is 1.57. The lowest BCUT2D eigenvalue weighted by Crippen LogP contribution is -2.23. The average molecular weight is 365 g/mol. The van der Waals surface area contributed by atoms with Crippen molar-refractivity contribution in [1.29, 1.82) is 0 Å². The summed E-state index contributed by atoms with van der Waals surface area (Å²) in [4.78, 5) is 17.8. The number of nitrogens with zero attached hydrogens (tertiary/aromatic N) is 5. The van der Waals surface area contributed by atoms with Crippen molar-refractivity contribution in [2.24, 2.45) is 12.2 Å². The van der Waals surface area contributed by atoms with Gasteiger partial charge in [-0.1, -0.05) is 35.5 Å². The van der Waals surface area contributed by atoms with Crippen LogP contribution in [0.1, 0.15) is 34.7 Å². The van der Waals surface area contributed by atoms with Gasteiger partial charge in [-0.05, 0) is 60.9 Å². The van der Waals surface area contributed by atoms with Gasteiger partial charge >= 0.3 is 5.69 Å². The maximum atomic E-state index is 12.2. The summed E-state index contributed by atoms with van der Waals surface area (Å²) in [6.07, 6.45) is 0. The Hall–Kier alpha value is -3.22. The summed E-state index contributed by atoms with van der Waals surface area (Å²) >= 11 is 0. The van der Waals surface area contributed by atoms with E-state index in [1.165, 1.54) is 20.5 Å². The van der Waals surface area contributed by atoms with E-state index in [0.717, 1.165) is 22.4 Å². The molecule has 1 aromatic heterocycles. The number of aryl methyl sites for hydroxylation is 3.